The highest BCUT2D eigenvalue weighted by atomic mass is 16.2. The van der Waals surface area contributed by atoms with Crippen molar-refractivity contribution in [1.29, 1.82) is 0 Å². The molecule has 0 heterocycles. The third-order valence-corrected chi connectivity index (χ3v) is 1.98. The molecule has 0 saturated carbocycles. The van der Waals surface area contributed by atoms with E-state index in [4.69, 9.17) is 5.84 Å². The zero-order valence-corrected chi connectivity index (χ0v) is 8.21. The highest BCUT2D eigenvalue weighted by Crippen LogP contribution is 2.13. The second kappa shape index (κ2) is 5.36. The smallest absolute Gasteiger partial charge is 0.265 e. The van der Waals surface area contributed by atoms with E-state index in [1.54, 1.807) is 0 Å². The minimum Gasteiger partial charge on any atom is -0.316 e. The topological polar surface area (TPSA) is 67.2 Å². The van der Waals surface area contributed by atoms with Gasteiger partial charge in [-0.2, -0.15) is 0 Å². The molecule has 0 fully saturated rings. The third-order valence-electron chi connectivity index (χ3n) is 1.98. The molecule has 1 aliphatic carbocycles. The Bertz CT molecular complexity index is 302. The molecule has 0 bridgehead atoms. The molecular weight excluding hydrogens is 178 g/mol. The van der Waals surface area contributed by atoms with Crippen LogP contribution in [-0.2, 0) is 4.79 Å². The van der Waals surface area contributed by atoms with E-state index in [2.05, 4.69) is 10.7 Å². The number of hydrogen-bond acceptors (Lipinski definition) is 3. The van der Waals surface area contributed by atoms with Crippen molar-refractivity contribution in [3.8, 4) is 0 Å². The zero-order valence-electron chi connectivity index (χ0n) is 8.21. The van der Waals surface area contributed by atoms with Gasteiger partial charge in [0.05, 0.1) is 0 Å². The van der Waals surface area contributed by atoms with E-state index in [-0.39, 0.29) is 5.91 Å². The normalized spacial score (nSPS) is 15.6. The lowest BCUT2D eigenvalue weighted by Gasteiger charge is -2.08. The molecule has 1 amide bonds. The fourth-order valence-electron chi connectivity index (χ4n) is 1.33. The molecule has 0 spiro atoms. The fourth-order valence-corrected chi connectivity index (χ4v) is 1.33. The minimum absolute atomic E-state index is 0.241. The quantitative estimate of drug-likeness (QED) is 0.336. The van der Waals surface area contributed by atoms with Gasteiger partial charge in [0.1, 0.15) is 0 Å². The summed E-state index contributed by atoms with van der Waals surface area (Å²) in [5, 5.41) is 3.01. The van der Waals surface area contributed by atoms with Gasteiger partial charge in [-0.15, -0.1) is 0 Å². The number of likely N-dealkylation sites (N-methyl/N-ethyl adjacent to an activating group) is 1. The number of carbonyl (C=O) groups is 1. The lowest BCUT2D eigenvalue weighted by Crippen LogP contribution is -2.33. The van der Waals surface area contributed by atoms with Crippen LogP contribution in [0.3, 0.4) is 0 Å². The highest BCUT2D eigenvalue weighted by molar-refractivity contribution is 5.97. The first-order valence-electron chi connectivity index (χ1n) is 4.51. The van der Waals surface area contributed by atoms with Gasteiger partial charge in [-0.3, -0.25) is 10.2 Å². The van der Waals surface area contributed by atoms with Crippen LogP contribution in [0.5, 0.6) is 0 Å². The number of hydrogen-bond donors (Lipinski definition) is 3. The summed E-state index contributed by atoms with van der Waals surface area (Å²) in [6, 6.07) is 0. The molecule has 4 nitrogen and oxygen atoms in total. The van der Waals surface area contributed by atoms with Crippen molar-refractivity contribution in [2.75, 3.05) is 13.6 Å². The van der Waals surface area contributed by atoms with Crippen molar-refractivity contribution in [2.45, 2.75) is 6.42 Å². The predicted molar refractivity (Wildman–Crippen MR) is 56.2 cm³/mol. The third kappa shape index (κ3) is 2.55. The maximum atomic E-state index is 11.4. The molecule has 0 aromatic carbocycles. The summed E-state index contributed by atoms with van der Waals surface area (Å²) in [7, 11) is 1.84. The van der Waals surface area contributed by atoms with E-state index < -0.39 is 0 Å². The lowest BCUT2D eigenvalue weighted by atomic mass is 10.1. The first-order valence-corrected chi connectivity index (χ1v) is 4.51. The van der Waals surface area contributed by atoms with E-state index in [9.17, 15) is 4.79 Å². The standard InChI is InChI=1S/C10H15N3O/c1-12-7-8-5-3-2-4-6-9(8)10(14)13-11/h2-3,5-6,12H,4,7,11H2,1H3,(H,13,14). The van der Waals surface area contributed by atoms with Gasteiger partial charge < -0.3 is 5.32 Å². The molecule has 14 heavy (non-hydrogen) atoms. The van der Waals surface area contributed by atoms with Crippen molar-refractivity contribution in [3.63, 3.8) is 0 Å². The van der Waals surface area contributed by atoms with E-state index in [0.29, 0.717) is 12.1 Å². The Balaban J connectivity index is 2.89. The van der Waals surface area contributed by atoms with Crippen molar-refractivity contribution in [1.82, 2.24) is 10.7 Å². The molecule has 0 aromatic rings. The van der Waals surface area contributed by atoms with Crippen LogP contribution in [0.15, 0.2) is 35.5 Å². The van der Waals surface area contributed by atoms with Crippen LogP contribution in [-0.4, -0.2) is 19.5 Å². The summed E-state index contributed by atoms with van der Waals surface area (Å²) in [4.78, 5) is 11.4. The zero-order chi connectivity index (χ0) is 10.4. The van der Waals surface area contributed by atoms with Crippen LogP contribution in [0.2, 0.25) is 0 Å². The van der Waals surface area contributed by atoms with Gasteiger partial charge in [0.25, 0.3) is 5.91 Å². The van der Waals surface area contributed by atoms with Crippen molar-refractivity contribution in [2.24, 2.45) is 5.84 Å². The van der Waals surface area contributed by atoms with E-state index in [1.807, 2.05) is 31.4 Å². The number of amides is 1. The molecule has 0 atom stereocenters. The van der Waals surface area contributed by atoms with Crippen molar-refractivity contribution in [3.05, 3.63) is 35.5 Å². The summed E-state index contributed by atoms with van der Waals surface area (Å²) >= 11 is 0. The highest BCUT2D eigenvalue weighted by Gasteiger charge is 2.12. The molecule has 0 radical (unpaired) electrons. The summed E-state index contributed by atoms with van der Waals surface area (Å²) in [6.07, 6.45) is 8.48. The molecule has 0 saturated heterocycles. The predicted octanol–water partition coefficient (Wildman–Crippen LogP) is 0.00840. The first kappa shape index (κ1) is 10.7. The number of nitrogens with one attached hydrogen (secondary N) is 2. The second-order valence-electron chi connectivity index (χ2n) is 2.98. The van der Waals surface area contributed by atoms with E-state index in [1.165, 1.54) is 0 Å². The fraction of sp³-hybridized carbons (Fsp3) is 0.300. The van der Waals surface area contributed by atoms with E-state index in [0.717, 1.165) is 12.0 Å². The van der Waals surface area contributed by atoms with Gasteiger partial charge in [-0.05, 0) is 19.0 Å². The van der Waals surface area contributed by atoms with Crippen LogP contribution in [0.25, 0.3) is 0 Å². The van der Waals surface area contributed by atoms with Crippen molar-refractivity contribution < 1.29 is 4.79 Å². The number of nitrogens with two attached hydrogens (primary N) is 1. The Morgan fingerprint density at radius 3 is 3.07 bits per heavy atom. The SMILES string of the molecule is CNCC1=CC=CCC=C1C(=O)NN. The average molecular weight is 193 g/mol. The Hall–Kier alpha value is -1.39. The van der Waals surface area contributed by atoms with Crippen LogP contribution < -0.4 is 16.6 Å². The molecular formula is C10H15N3O. The van der Waals surface area contributed by atoms with Gasteiger partial charge in [-0.25, -0.2) is 5.84 Å². The van der Waals surface area contributed by atoms with Crippen LogP contribution in [0, 0.1) is 0 Å². The van der Waals surface area contributed by atoms with Crippen LogP contribution in [0.1, 0.15) is 6.42 Å². The molecule has 76 valence electrons. The second-order valence-corrected chi connectivity index (χ2v) is 2.98. The monoisotopic (exact) mass is 193 g/mol. The van der Waals surface area contributed by atoms with Gasteiger partial charge >= 0.3 is 0 Å². The summed E-state index contributed by atoms with van der Waals surface area (Å²) in [5.41, 5.74) is 3.74. The Morgan fingerprint density at radius 2 is 2.43 bits per heavy atom. The molecule has 0 unspecified atom stereocenters. The molecule has 1 rings (SSSR count). The maximum absolute atomic E-state index is 11.4. The Kier molecular flexibility index (Phi) is 4.10. The Labute approximate surface area is 83.5 Å². The first-order chi connectivity index (χ1) is 6.79. The molecule has 1 aliphatic rings. The van der Waals surface area contributed by atoms with Gasteiger partial charge in [0.15, 0.2) is 0 Å². The van der Waals surface area contributed by atoms with Gasteiger partial charge in [-0.1, -0.05) is 24.3 Å². The van der Waals surface area contributed by atoms with E-state index >= 15 is 0 Å². The molecule has 4 heteroatoms. The van der Waals surface area contributed by atoms with Crippen LogP contribution >= 0.6 is 0 Å². The minimum atomic E-state index is -0.241. The Morgan fingerprint density at radius 1 is 1.64 bits per heavy atom. The molecule has 0 aromatic heterocycles. The maximum Gasteiger partial charge on any atom is 0.265 e. The van der Waals surface area contributed by atoms with Gasteiger partial charge in [0, 0.05) is 12.1 Å². The molecule has 0 aliphatic heterocycles. The largest absolute Gasteiger partial charge is 0.316 e. The van der Waals surface area contributed by atoms with Gasteiger partial charge in [0.2, 0.25) is 0 Å². The lowest BCUT2D eigenvalue weighted by molar-refractivity contribution is -0.117. The number of hydrazine groups is 1. The van der Waals surface area contributed by atoms with Crippen molar-refractivity contribution >= 4 is 5.91 Å². The average Bonchev–Trinajstić information content (AvgIpc) is 2.43. The number of carbonyl (C=O) groups excluding carboxylic acids is 1. The summed E-state index contributed by atoms with van der Waals surface area (Å²) in [6.45, 7) is 0.656. The molecule has 4 N–H and O–H groups in total. The summed E-state index contributed by atoms with van der Waals surface area (Å²) < 4.78 is 0. The summed E-state index contributed by atoms with van der Waals surface area (Å²) in [5.74, 6) is 4.86. The van der Waals surface area contributed by atoms with Crippen LogP contribution in [0.4, 0.5) is 0 Å². The number of allylic oxidation sites excluding steroid dienone is 4. The number of rotatable bonds is 3.